The van der Waals surface area contributed by atoms with Gasteiger partial charge in [0, 0.05) is 13.8 Å². The van der Waals surface area contributed by atoms with Gasteiger partial charge in [-0.3, -0.25) is 18.7 Å². The Bertz CT molecular complexity index is 1210. The molecule has 0 radical (unpaired) electrons. The number of benzene rings is 2. The third-order valence-corrected chi connectivity index (χ3v) is 6.14. The fraction of sp³-hybridized carbons (Fsp3) is 0.364. The molecule has 0 bridgehead atoms. The standard InChI is InChI=1S/C22H28N2O10S2/c1-15(25)23-19-7-5-17(13-21(19)33-9-3-11-35(27,28)29)18-6-8-20(24-16(2)26)22(14-18)34-10-4-12-36(30,31)32/h5-8,13-14H,3-4,9-12H2,1-2H3,(H,23,25)(H,24,26)(H,27,28,29)(H,30,31,32). The monoisotopic (exact) mass is 544 g/mol. The minimum absolute atomic E-state index is 0.0233. The van der Waals surface area contributed by atoms with E-state index in [1.54, 1.807) is 36.4 Å². The average molecular weight is 545 g/mol. The maximum absolute atomic E-state index is 11.6. The molecule has 0 saturated carbocycles. The summed E-state index contributed by atoms with van der Waals surface area (Å²) in [7, 11) is -8.27. The normalized spacial score (nSPS) is 11.6. The van der Waals surface area contributed by atoms with E-state index in [2.05, 4.69) is 10.6 Å². The molecular weight excluding hydrogens is 516 g/mol. The highest BCUT2D eigenvalue weighted by Gasteiger charge is 2.13. The second kappa shape index (κ2) is 12.7. The number of rotatable bonds is 13. The van der Waals surface area contributed by atoms with E-state index in [4.69, 9.17) is 18.6 Å². The van der Waals surface area contributed by atoms with Crippen molar-refractivity contribution in [2.24, 2.45) is 0 Å². The molecule has 0 atom stereocenters. The fourth-order valence-electron chi connectivity index (χ4n) is 3.08. The SMILES string of the molecule is CC(=O)Nc1ccc(-c2ccc(NC(C)=O)c(OCCCS(=O)(=O)O)c2)cc1OCCCS(=O)(=O)O. The van der Waals surface area contributed by atoms with Gasteiger partial charge in [0.25, 0.3) is 20.2 Å². The van der Waals surface area contributed by atoms with Gasteiger partial charge in [0.1, 0.15) is 11.5 Å². The summed E-state index contributed by atoms with van der Waals surface area (Å²) in [6.45, 7) is 2.56. The predicted octanol–water partition coefficient (Wildman–Crippen LogP) is 2.58. The maximum Gasteiger partial charge on any atom is 0.264 e. The summed E-state index contributed by atoms with van der Waals surface area (Å²) in [6, 6.07) is 9.84. The largest absolute Gasteiger partial charge is 0.491 e. The van der Waals surface area contributed by atoms with E-state index < -0.39 is 31.7 Å². The summed E-state index contributed by atoms with van der Waals surface area (Å²) in [4.78, 5) is 23.1. The highest BCUT2D eigenvalue weighted by Crippen LogP contribution is 2.35. The minimum atomic E-state index is -4.14. The zero-order valence-corrected chi connectivity index (χ0v) is 21.3. The van der Waals surface area contributed by atoms with Crippen LogP contribution in [0, 0.1) is 0 Å². The van der Waals surface area contributed by atoms with Crippen LogP contribution in [0.3, 0.4) is 0 Å². The van der Waals surface area contributed by atoms with Crippen LogP contribution in [0.25, 0.3) is 11.1 Å². The van der Waals surface area contributed by atoms with Crippen molar-refractivity contribution in [1.82, 2.24) is 0 Å². The third kappa shape index (κ3) is 10.6. The molecule has 36 heavy (non-hydrogen) atoms. The average Bonchev–Trinajstić information content (AvgIpc) is 2.74. The molecule has 2 aromatic rings. The summed E-state index contributed by atoms with van der Waals surface area (Å²) in [5.74, 6) is -1.12. The van der Waals surface area contributed by atoms with Crippen molar-refractivity contribution in [2.75, 3.05) is 35.4 Å². The lowest BCUT2D eigenvalue weighted by atomic mass is 10.0. The first-order chi connectivity index (χ1) is 16.7. The van der Waals surface area contributed by atoms with Gasteiger partial charge in [-0.25, -0.2) is 0 Å². The zero-order valence-electron chi connectivity index (χ0n) is 19.7. The van der Waals surface area contributed by atoms with Crippen LogP contribution in [0.15, 0.2) is 36.4 Å². The van der Waals surface area contributed by atoms with Crippen LogP contribution in [0.1, 0.15) is 26.7 Å². The molecule has 0 aromatic heterocycles. The third-order valence-electron chi connectivity index (χ3n) is 4.53. The minimum Gasteiger partial charge on any atom is -0.491 e. The van der Waals surface area contributed by atoms with E-state index in [0.29, 0.717) is 22.5 Å². The molecule has 2 rings (SSSR count). The van der Waals surface area contributed by atoms with Gasteiger partial charge in [0.2, 0.25) is 11.8 Å². The molecule has 0 unspecified atom stereocenters. The Morgan fingerprint density at radius 1 is 0.722 bits per heavy atom. The summed E-state index contributed by atoms with van der Waals surface area (Å²) in [6.07, 6.45) is 0.0467. The molecule has 0 aliphatic heterocycles. The predicted molar refractivity (Wildman–Crippen MR) is 134 cm³/mol. The molecule has 0 aliphatic rings. The Labute approximate surface area is 209 Å². The summed E-state index contributed by atoms with van der Waals surface area (Å²) in [5, 5.41) is 5.25. The lowest BCUT2D eigenvalue weighted by Crippen LogP contribution is -2.11. The van der Waals surface area contributed by atoms with E-state index in [-0.39, 0.29) is 49.4 Å². The van der Waals surface area contributed by atoms with Crippen LogP contribution in [0.4, 0.5) is 11.4 Å². The topological polar surface area (TPSA) is 185 Å². The van der Waals surface area contributed by atoms with Crippen LogP contribution in [-0.4, -0.2) is 62.5 Å². The Balaban J connectivity index is 2.32. The van der Waals surface area contributed by atoms with Crippen molar-refractivity contribution in [1.29, 1.82) is 0 Å². The lowest BCUT2D eigenvalue weighted by Gasteiger charge is -2.16. The van der Waals surface area contributed by atoms with Crippen LogP contribution < -0.4 is 20.1 Å². The molecule has 12 nitrogen and oxygen atoms in total. The van der Waals surface area contributed by atoms with Crippen molar-refractivity contribution < 1.29 is 45.0 Å². The van der Waals surface area contributed by atoms with E-state index in [0.717, 1.165) is 0 Å². The molecule has 0 saturated heterocycles. The Hall–Kier alpha value is -3.20. The van der Waals surface area contributed by atoms with Crippen molar-refractivity contribution in [3.8, 4) is 22.6 Å². The number of carbonyl (C=O) groups is 2. The molecule has 0 spiro atoms. The highest BCUT2D eigenvalue weighted by molar-refractivity contribution is 7.86. The van der Waals surface area contributed by atoms with Gasteiger partial charge in [-0.05, 0) is 48.2 Å². The van der Waals surface area contributed by atoms with E-state index in [1.165, 1.54) is 13.8 Å². The van der Waals surface area contributed by atoms with Crippen molar-refractivity contribution in [3.05, 3.63) is 36.4 Å². The maximum atomic E-state index is 11.6. The molecule has 2 aromatic carbocycles. The molecule has 14 heteroatoms. The lowest BCUT2D eigenvalue weighted by molar-refractivity contribution is -0.115. The molecular formula is C22H28N2O10S2. The zero-order chi connectivity index (χ0) is 26.9. The number of carbonyl (C=O) groups excluding carboxylic acids is 2. The van der Waals surface area contributed by atoms with Crippen molar-refractivity contribution in [2.45, 2.75) is 26.7 Å². The Morgan fingerprint density at radius 3 is 1.39 bits per heavy atom. The van der Waals surface area contributed by atoms with Gasteiger partial charge in [-0.2, -0.15) is 16.8 Å². The number of anilines is 2. The van der Waals surface area contributed by atoms with Crippen LogP contribution in [-0.2, 0) is 29.8 Å². The van der Waals surface area contributed by atoms with Gasteiger partial charge in [0.15, 0.2) is 0 Å². The quantitative estimate of drug-likeness (QED) is 0.216. The number of nitrogens with one attached hydrogen (secondary N) is 2. The van der Waals surface area contributed by atoms with Crippen LogP contribution >= 0.6 is 0 Å². The number of ether oxygens (including phenoxy) is 2. The fourth-order valence-corrected chi connectivity index (χ4v) is 4.04. The first-order valence-corrected chi connectivity index (χ1v) is 13.9. The molecule has 0 aliphatic carbocycles. The van der Waals surface area contributed by atoms with Crippen LogP contribution in [0.2, 0.25) is 0 Å². The summed E-state index contributed by atoms with van der Waals surface area (Å²) in [5.41, 5.74) is 1.97. The van der Waals surface area contributed by atoms with Crippen molar-refractivity contribution in [3.63, 3.8) is 0 Å². The molecule has 4 N–H and O–H groups in total. The number of hydrogen-bond donors (Lipinski definition) is 4. The summed E-state index contributed by atoms with van der Waals surface area (Å²) < 4.78 is 72.8. The molecule has 0 heterocycles. The molecule has 2 amide bonds. The van der Waals surface area contributed by atoms with Gasteiger partial charge in [-0.1, -0.05) is 12.1 Å². The van der Waals surface area contributed by atoms with E-state index in [9.17, 15) is 26.4 Å². The first kappa shape index (κ1) is 29.0. The van der Waals surface area contributed by atoms with Gasteiger partial charge >= 0.3 is 0 Å². The highest BCUT2D eigenvalue weighted by atomic mass is 32.2. The summed E-state index contributed by atoms with van der Waals surface area (Å²) >= 11 is 0. The molecule has 0 fully saturated rings. The van der Waals surface area contributed by atoms with E-state index >= 15 is 0 Å². The van der Waals surface area contributed by atoms with Gasteiger partial charge < -0.3 is 20.1 Å². The van der Waals surface area contributed by atoms with E-state index in [1.807, 2.05) is 0 Å². The Kier molecular flexibility index (Phi) is 10.2. The molecule has 198 valence electrons. The van der Waals surface area contributed by atoms with Crippen molar-refractivity contribution >= 4 is 43.4 Å². The number of hydrogen-bond acceptors (Lipinski definition) is 8. The smallest absolute Gasteiger partial charge is 0.264 e. The number of amides is 2. The van der Waals surface area contributed by atoms with Crippen LogP contribution in [0.5, 0.6) is 11.5 Å². The second-order valence-corrected chi connectivity index (χ2v) is 10.9. The van der Waals surface area contributed by atoms with Gasteiger partial charge in [0.05, 0.1) is 36.1 Å². The second-order valence-electron chi connectivity index (χ2n) is 7.76. The first-order valence-electron chi connectivity index (χ1n) is 10.7. The Morgan fingerprint density at radius 2 is 1.08 bits per heavy atom. The van der Waals surface area contributed by atoms with Gasteiger partial charge in [-0.15, -0.1) is 0 Å².